The van der Waals surface area contributed by atoms with Gasteiger partial charge in [0.15, 0.2) is 12.6 Å². The number of ether oxygens (including phenoxy) is 4. The van der Waals surface area contributed by atoms with Crippen LogP contribution in [0.3, 0.4) is 0 Å². The lowest BCUT2D eigenvalue weighted by Gasteiger charge is -2.46. The van der Waals surface area contributed by atoms with Gasteiger partial charge < -0.3 is 65.1 Å². The first kappa shape index (κ1) is 87.3. The van der Waals surface area contributed by atoms with Gasteiger partial charge in [0.25, 0.3) is 0 Å². The van der Waals surface area contributed by atoms with Crippen molar-refractivity contribution in [1.82, 2.24) is 5.32 Å². The normalized spacial score (nSPS) is 22.9. The van der Waals surface area contributed by atoms with Gasteiger partial charge in [0.1, 0.15) is 48.8 Å². The van der Waals surface area contributed by atoms with Crippen LogP contribution in [0.15, 0.2) is 85.1 Å². The monoisotopic (exact) mass is 1330 g/mol. The Labute approximate surface area is 573 Å². The number of rotatable bonds is 64. The van der Waals surface area contributed by atoms with Gasteiger partial charge in [-0.2, -0.15) is 0 Å². The molecular weight excluding hydrogens is 1180 g/mol. The molecule has 94 heavy (non-hydrogen) atoms. The van der Waals surface area contributed by atoms with Crippen LogP contribution in [-0.4, -0.2) is 140 Å². The number of aliphatic hydroxyl groups is 8. The van der Waals surface area contributed by atoms with E-state index in [-0.39, 0.29) is 12.5 Å². The second-order valence-electron chi connectivity index (χ2n) is 27.1. The molecule has 0 saturated carbocycles. The molecule has 0 radical (unpaired) electrons. The van der Waals surface area contributed by atoms with Gasteiger partial charge >= 0.3 is 0 Å². The van der Waals surface area contributed by atoms with E-state index in [1.54, 1.807) is 0 Å². The molecule has 2 saturated heterocycles. The minimum absolute atomic E-state index is 0.205. The lowest BCUT2D eigenvalue weighted by molar-refractivity contribution is -0.359. The minimum Gasteiger partial charge on any atom is -0.394 e. The molecule has 0 aromatic carbocycles. The van der Waals surface area contributed by atoms with Gasteiger partial charge in [0, 0.05) is 6.42 Å². The molecule has 2 heterocycles. The van der Waals surface area contributed by atoms with Crippen molar-refractivity contribution in [1.29, 1.82) is 0 Å². The van der Waals surface area contributed by atoms with E-state index >= 15 is 0 Å². The number of amides is 1. The SMILES string of the molecule is CC/C=C\C/C=C\C/C=C\C/C=C\C/C=C\C/C=C\C/C=C\CCCCCCCCCCCCCCCCCC(=O)NC(COC1OC(CO)C(OC2OC(CO)C(O)C(O)C2O)C(O)C1O)C(O)CCCCCCCCCCCCCCCCCCCCCCCCC. The molecule has 0 aliphatic carbocycles. The molecule has 0 spiro atoms. The standard InChI is InChI=1S/C80H143NO13/c1-3-5-7-9-11-13-15-17-19-21-23-25-27-28-29-30-31-32-33-34-35-36-37-38-39-40-42-44-46-48-50-52-54-56-58-60-62-64-72(85)81-68(67-91-79-77(90)75(88)78(71(66-83)93-79)94-80-76(89)74(87)73(86)70(65-82)92-80)69(84)63-61-59-57-55-53-51-49-47-45-43-41-26-24-22-20-18-16-14-12-10-8-6-4-2/h5,7,11,13,17,19,23,25,28-29,31-32,34-35,68-71,73-80,82-84,86-90H,3-4,6,8-10,12,14-16,18,20-22,24,26-27,30,33,36-67H2,1-2H3,(H,81,85)/b7-5-,13-11-,19-17-,25-23-,29-28-,32-31-,35-34-. The summed E-state index contributed by atoms with van der Waals surface area (Å²) in [5.74, 6) is -0.205. The summed E-state index contributed by atoms with van der Waals surface area (Å²) in [5, 5.41) is 87.8. The summed E-state index contributed by atoms with van der Waals surface area (Å²) in [7, 11) is 0. The van der Waals surface area contributed by atoms with Crippen LogP contribution in [0.25, 0.3) is 0 Å². The summed E-state index contributed by atoms with van der Waals surface area (Å²) in [6.45, 7) is 2.79. The van der Waals surface area contributed by atoms with Crippen LogP contribution in [-0.2, 0) is 23.7 Å². The van der Waals surface area contributed by atoms with Crippen LogP contribution in [0.1, 0.15) is 322 Å². The Morgan fingerprint density at radius 2 is 0.734 bits per heavy atom. The molecule has 2 aliphatic heterocycles. The highest BCUT2D eigenvalue weighted by atomic mass is 16.7. The van der Waals surface area contributed by atoms with Crippen LogP contribution in [0, 0.1) is 0 Å². The first-order chi connectivity index (χ1) is 46.1. The molecule has 546 valence electrons. The number of hydrogen-bond acceptors (Lipinski definition) is 13. The molecule has 14 heteroatoms. The largest absolute Gasteiger partial charge is 0.394 e. The molecule has 14 nitrogen and oxygen atoms in total. The molecule has 2 fully saturated rings. The highest BCUT2D eigenvalue weighted by molar-refractivity contribution is 5.76. The fourth-order valence-electron chi connectivity index (χ4n) is 12.5. The van der Waals surface area contributed by atoms with E-state index in [4.69, 9.17) is 18.9 Å². The van der Waals surface area contributed by atoms with Crippen molar-refractivity contribution in [3.63, 3.8) is 0 Å². The third-order valence-corrected chi connectivity index (χ3v) is 18.6. The summed E-state index contributed by atoms with van der Waals surface area (Å²) in [6.07, 6.45) is 71.8. The zero-order chi connectivity index (χ0) is 68.0. The summed E-state index contributed by atoms with van der Waals surface area (Å²) in [4.78, 5) is 13.4. The lowest BCUT2D eigenvalue weighted by atomic mass is 9.97. The number of nitrogens with one attached hydrogen (secondary N) is 1. The summed E-state index contributed by atoms with van der Waals surface area (Å²) >= 11 is 0. The van der Waals surface area contributed by atoms with Crippen LogP contribution in [0.2, 0.25) is 0 Å². The predicted molar refractivity (Wildman–Crippen MR) is 387 cm³/mol. The van der Waals surface area contributed by atoms with Crippen molar-refractivity contribution in [3.05, 3.63) is 85.1 Å². The molecule has 12 atom stereocenters. The molecule has 0 aromatic rings. The number of unbranched alkanes of at least 4 members (excludes halogenated alkanes) is 37. The fraction of sp³-hybridized carbons (Fsp3) is 0.812. The number of hydrogen-bond donors (Lipinski definition) is 9. The van der Waals surface area contributed by atoms with Gasteiger partial charge in [-0.3, -0.25) is 4.79 Å². The fourth-order valence-corrected chi connectivity index (χ4v) is 12.5. The second-order valence-corrected chi connectivity index (χ2v) is 27.1. The topological polar surface area (TPSA) is 228 Å². The maximum Gasteiger partial charge on any atom is 0.220 e. The molecule has 0 aromatic heterocycles. The zero-order valence-corrected chi connectivity index (χ0v) is 59.7. The lowest BCUT2D eigenvalue weighted by Crippen LogP contribution is -2.65. The maximum absolute atomic E-state index is 13.4. The molecule has 2 aliphatic rings. The average Bonchev–Trinajstić information content (AvgIpc) is 0.794. The highest BCUT2D eigenvalue weighted by Gasteiger charge is 2.51. The smallest absolute Gasteiger partial charge is 0.220 e. The molecule has 9 N–H and O–H groups in total. The van der Waals surface area contributed by atoms with Crippen molar-refractivity contribution in [2.75, 3.05) is 19.8 Å². The molecule has 1 amide bonds. The molecule has 0 bridgehead atoms. The van der Waals surface area contributed by atoms with Crippen molar-refractivity contribution in [2.45, 2.75) is 396 Å². The first-order valence-corrected chi connectivity index (χ1v) is 38.8. The number of aliphatic hydroxyl groups excluding tert-OH is 8. The van der Waals surface area contributed by atoms with Crippen molar-refractivity contribution in [3.8, 4) is 0 Å². The van der Waals surface area contributed by atoms with E-state index in [9.17, 15) is 45.6 Å². The zero-order valence-electron chi connectivity index (χ0n) is 59.7. The van der Waals surface area contributed by atoms with Crippen LogP contribution < -0.4 is 5.32 Å². The van der Waals surface area contributed by atoms with E-state index in [1.807, 2.05) is 0 Å². The Kier molecular flexibility index (Phi) is 59.0. The van der Waals surface area contributed by atoms with Gasteiger partial charge in [-0.05, 0) is 70.6 Å². The number of carbonyl (C=O) groups excluding carboxylic acids is 1. The van der Waals surface area contributed by atoms with E-state index in [2.05, 4.69) is 104 Å². The van der Waals surface area contributed by atoms with Crippen LogP contribution >= 0.6 is 0 Å². The van der Waals surface area contributed by atoms with Gasteiger partial charge in [0.2, 0.25) is 5.91 Å². The number of allylic oxidation sites excluding steroid dienone is 14. The van der Waals surface area contributed by atoms with Crippen molar-refractivity contribution in [2.24, 2.45) is 0 Å². The molecule has 2 rings (SSSR count). The highest BCUT2D eigenvalue weighted by Crippen LogP contribution is 2.30. The van der Waals surface area contributed by atoms with Gasteiger partial charge in [0.05, 0.1) is 32.0 Å². The molecule has 12 unspecified atom stereocenters. The Bertz CT molecular complexity index is 1900. The average molecular weight is 1330 g/mol. The van der Waals surface area contributed by atoms with E-state index in [0.717, 1.165) is 96.3 Å². The van der Waals surface area contributed by atoms with E-state index < -0.39 is 86.8 Å². The molecular formula is C80H143NO13. The Morgan fingerprint density at radius 1 is 0.394 bits per heavy atom. The van der Waals surface area contributed by atoms with Crippen molar-refractivity contribution >= 4 is 5.91 Å². The quantitative estimate of drug-likeness (QED) is 0.0204. The summed E-state index contributed by atoms with van der Waals surface area (Å²) in [5.41, 5.74) is 0. The Hall–Kier alpha value is -2.83. The Balaban J connectivity index is 1.61. The van der Waals surface area contributed by atoms with Gasteiger partial charge in [-0.1, -0.05) is 330 Å². The van der Waals surface area contributed by atoms with Gasteiger partial charge in [-0.15, -0.1) is 0 Å². The number of carbonyl (C=O) groups is 1. The summed E-state index contributed by atoms with van der Waals surface area (Å²) < 4.78 is 23.0. The second kappa shape index (κ2) is 63.6. The van der Waals surface area contributed by atoms with Crippen LogP contribution in [0.5, 0.6) is 0 Å². The minimum atomic E-state index is -1.79. The van der Waals surface area contributed by atoms with E-state index in [0.29, 0.717) is 12.8 Å². The predicted octanol–water partition coefficient (Wildman–Crippen LogP) is 17.1. The summed E-state index contributed by atoms with van der Waals surface area (Å²) in [6, 6.07) is -0.834. The third kappa shape index (κ3) is 46.4. The third-order valence-electron chi connectivity index (χ3n) is 18.6. The first-order valence-electron chi connectivity index (χ1n) is 38.8. The van der Waals surface area contributed by atoms with Gasteiger partial charge in [-0.25, -0.2) is 0 Å². The van der Waals surface area contributed by atoms with E-state index in [1.165, 1.54) is 199 Å². The van der Waals surface area contributed by atoms with Crippen LogP contribution in [0.4, 0.5) is 0 Å². The Morgan fingerprint density at radius 3 is 1.13 bits per heavy atom. The maximum atomic E-state index is 13.4. The van der Waals surface area contributed by atoms with Crippen molar-refractivity contribution < 1.29 is 64.6 Å².